The van der Waals surface area contributed by atoms with E-state index in [9.17, 15) is 0 Å². The predicted molar refractivity (Wildman–Crippen MR) is 32.4 cm³/mol. The highest BCUT2D eigenvalue weighted by molar-refractivity contribution is 6.71. The molecule has 0 fully saturated rings. The van der Waals surface area contributed by atoms with Gasteiger partial charge in [-0.3, -0.25) is 4.99 Å². The number of nitrogens with zero attached hydrogens (tertiary/aromatic N) is 1. The number of alkyl halides is 1. The van der Waals surface area contributed by atoms with Crippen molar-refractivity contribution in [3.05, 3.63) is 0 Å². The summed E-state index contributed by atoms with van der Waals surface area (Å²) in [6.45, 7) is 0.799. The molecular formula is C4H5Cl2N. The molecule has 0 amide bonds. The van der Waals surface area contributed by atoms with Gasteiger partial charge < -0.3 is 0 Å². The van der Waals surface area contributed by atoms with Crippen LogP contribution < -0.4 is 0 Å². The van der Waals surface area contributed by atoms with Crippen LogP contribution >= 0.6 is 23.2 Å². The minimum atomic E-state index is 0.00154. The molecule has 1 aliphatic rings. The summed E-state index contributed by atoms with van der Waals surface area (Å²) in [5.74, 6) is 0. The first-order valence-corrected chi connectivity index (χ1v) is 2.96. The Balaban J connectivity index is 2.54. The maximum atomic E-state index is 5.60. The van der Waals surface area contributed by atoms with Gasteiger partial charge in [0.2, 0.25) is 0 Å². The van der Waals surface area contributed by atoms with Crippen LogP contribution in [0.5, 0.6) is 0 Å². The van der Waals surface area contributed by atoms with Crippen molar-refractivity contribution in [3.63, 3.8) is 0 Å². The average Bonchev–Trinajstić information content (AvgIpc) is 1.91. The van der Waals surface area contributed by atoms with Crippen LogP contribution in [-0.2, 0) is 0 Å². The Morgan fingerprint density at radius 3 is 2.57 bits per heavy atom. The molecule has 3 heteroatoms. The Kier molecular flexibility index (Phi) is 1.55. The predicted octanol–water partition coefficient (Wildman–Crippen LogP) is 1.63. The van der Waals surface area contributed by atoms with E-state index in [1.165, 1.54) is 0 Å². The van der Waals surface area contributed by atoms with Crippen molar-refractivity contribution >= 4 is 28.4 Å². The van der Waals surface area contributed by atoms with Crippen molar-refractivity contribution in [2.24, 2.45) is 4.99 Å². The third-order valence-electron chi connectivity index (χ3n) is 0.904. The zero-order valence-electron chi connectivity index (χ0n) is 3.69. The van der Waals surface area contributed by atoms with Gasteiger partial charge in [0, 0.05) is 6.54 Å². The van der Waals surface area contributed by atoms with E-state index in [1.807, 2.05) is 0 Å². The lowest BCUT2D eigenvalue weighted by Gasteiger charge is -1.90. The fourth-order valence-corrected chi connectivity index (χ4v) is 0.863. The molecule has 0 aromatic carbocycles. The molecule has 0 bridgehead atoms. The summed E-state index contributed by atoms with van der Waals surface area (Å²) in [5.41, 5.74) is 0. The third-order valence-corrected chi connectivity index (χ3v) is 1.82. The molecule has 7 heavy (non-hydrogen) atoms. The van der Waals surface area contributed by atoms with E-state index in [2.05, 4.69) is 4.99 Å². The van der Waals surface area contributed by atoms with Crippen molar-refractivity contribution in [1.29, 1.82) is 0 Å². The standard InChI is InChI=1S/C4H5Cl2N/c5-3-1-2-7-4(3)6/h3H,1-2H2. The molecule has 0 aromatic rings. The molecule has 1 unspecified atom stereocenters. The topological polar surface area (TPSA) is 12.4 Å². The summed E-state index contributed by atoms with van der Waals surface area (Å²) in [6, 6.07) is 0. The Bertz CT molecular complexity index is 99.9. The average molecular weight is 138 g/mol. The van der Waals surface area contributed by atoms with E-state index in [-0.39, 0.29) is 5.38 Å². The minimum absolute atomic E-state index is 0.00154. The molecule has 0 aromatic heterocycles. The second-order valence-electron chi connectivity index (χ2n) is 1.46. The van der Waals surface area contributed by atoms with Crippen LogP contribution in [0.25, 0.3) is 0 Å². The first-order valence-electron chi connectivity index (χ1n) is 2.14. The normalized spacial score (nSPS) is 30.6. The van der Waals surface area contributed by atoms with E-state index >= 15 is 0 Å². The lowest BCUT2D eigenvalue weighted by atomic mass is 10.4. The molecule has 0 saturated carbocycles. The number of hydrogen-bond donors (Lipinski definition) is 0. The highest BCUT2D eigenvalue weighted by Gasteiger charge is 2.14. The Hall–Kier alpha value is 0.250. The van der Waals surface area contributed by atoms with Gasteiger partial charge in [0.05, 0.1) is 5.38 Å². The van der Waals surface area contributed by atoms with Gasteiger partial charge >= 0.3 is 0 Å². The summed E-state index contributed by atoms with van der Waals surface area (Å²) >= 11 is 11.1. The lowest BCUT2D eigenvalue weighted by molar-refractivity contribution is 0.957. The summed E-state index contributed by atoms with van der Waals surface area (Å²) < 4.78 is 0. The second-order valence-corrected chi connectivity index (χ2v) is 2.37. The molecule has 1 heterocycles. The Labute approximate surface area is 52.3 Å². The zero-order valence-corrected chi connectivity index (χ0v) is 5.21. The summed E-state index contributed by atoms with van der Waals surface area (Å²) in [4.78, 5) is 3.87. The molecular weight excluding hydrogens is 133 g/mol. The van der Waals surface area contributed by atoms with Crippen molar-refractivity contribution in [2.45, 2.75) is 11.8 Å². The largest absolute Gasteiger partial charge is 0.276 e. The molecule has 1 nitrogen and oxygen atoms in total. The molecule has 0 aliphatic carbocycles. The van der Waals surface area contributed by atoms with Crippen LogP contribution in [0.3, 0.4) is 0 Å². The van der Waals surface area contributed by atoms with Crippen LogP contribution in [0.15, 0.2) is 4.99 Å². The zero-order chi connectivity index (χ0) is 5.28. The van der Waals surface area contributed by atoms with Crippen LogP contribution in [-0.4, -0.2) is 17.1 Å². The SMILES string of the molecule is ClC1=NCCC1Cl. The van der Waals surface area contributed by atoms with Gasteiger partial charge in [-0.15, -0.1) is 11.6 Å². The second kappa shape index (κ2) is 2.01. The van der Waals surface area contributed by atoms with E-state index in [1.54, 1.807) is 0 Å². The first kappa shape index (κ1) is 5.39. The fraction of sp³-hybridized carbons (Fsp3) is 0.750. The highest BCUT2D eigenvalue weighted by atomic mass is 35.5. The van der Waals surface area contributed by atoms with Gasteiger partial charge in [-0.25, -0.2) is 0 Å². The molecule has 0 N–H and O–H groups in total. The monoisotopic (exact) mass is 137 g/mol. The van der Waals surface area contributed by atoms with Crippen LogP contribution in [0.2, 0.25) is 0 Å². The molecule has 0 spiro atoms. The maximum absolute atomic E-state index is 5.60. The molecule has 40 valence electrons. The summed E-state index contributed by atoms with van der Waals surface area (Å²) in [6.07, 6.45) is 0.903. The smallest absolute Gasteiger partial charge is 0.118 e. The van der Waals surface area contributed by atoms with Gasteiger partial charge in [-0.1, -0.05) is 11.6 Å². The van der Waals surface area contributed by atoms with E-state index in [0.717, 1.165) is 13.0 Å². The molecule has 0 radical (unpaired) electrons. The lowest BCUT2D eigenvalue weighted by Crippen LogP contribution is -1.99. The van der Waals surface area contributed by atoms with Crippen molar-refractivity contribution in [2.75, 3.05) is 6.54 Å². The molecule has 0 saturated heterocycles. The molecule has 1 atom stereocenters. The number of hydrogen-bond acceptors (Lipinski definition) is 1. The fourth-order valence-electron chi connectivity index (χ4n) is 0.503. The number of rotatable bonds is 0. The number of aliphatic imine (C=N–C) groups is 1. The van der Waals surface area contributed by atoms with Crippen molar-refractivity contribution in [3.8, 4) is 0 Å². The van der Waals surface area contributed by atoms with Crippen LogP contribution in [0.4, 0.5) is 0 Å². The summed E-state index contributed by atoms with van der Waals surface area (Å²) in [7, 11) is 0. The van der Waals surface area contributed by atoms with E-state index in [4.69, 9.17) is 23.2 Å². The number of halogens is 2. The van der Waals surface area contributed by atoms with Crippen LogP contribution in [0, 0.1) is 0 Å². The van der Waals surface area contributed by atoms with Gasteiger partial charge in [0.25, 0.3) is 0 Å². The van der Waals surface area contributed by atoms with Gasteiger partial charge in [-0.2, -0.15) is 0 Å². The Morgan fingerprint density at radius 2 is 2.43 bits per heavy atom. The van der Waals surface area contributed by atoms with E-state index < -0.39 is 0 Å². The van der Waals surface area contributed by atoms with E-state index in [0.29, 0.717) is 5.17 Å². The van der Waals surface area contributed by atoms with Crippen LogP contribution in [0.1, 0.15) is 6.42 Å². The minimum Gasteiger partial charge on any atom is -0.276 e. The van der Waals surface area contributed by atoms with Crippen molar-refractivity contribution < 1.29 is 0 Å². The maximum Gasteiger partial charge on any atom is 0.118 e. The quantitative estimate of drug-likeness (QED) is 0.451. The third kappa shape index (κ3) is 1.07. The molecule has 1 rings (SSSR count). The first-order chi connectivity index (χ1) is 3.30. The van der Waals surface area contributed by atoms with Gasteiger partial charge in [0.1, 0.15) is 5.17 Å². The molecule has 1 aliphatic heterocycles. The summed E-state index contributed by atoms with van der Waals surface area (Å²) in [5, 5.41) is 0.573. The van der Waals surface area contributed by atoms with Gasteiger partial charge in [0.15, 0.2) is 0 Å². The van der Waals surface area contributed by atoms with Crippen molar-refractivity contribution in [1.82, 2.24) is 0 Å². The highest BCUT2D eigenvalue weighted by Crippen LogP contribution is 2.14. The van der Waals surface area contributed by atoms with Gasteiger partial charge in [-0.05, 0) is 6.42 Å². The Morgan fingerprint density at radius 1 is 1.71 bits per heavy atom.